The van der Waals surface area contributed by atoms with Crippen molar-refractivity contribution in [3.05, 3.63) is 381 Å². The Kier molecular flexibility index (Phi) is 31.2. The van der Waals surface area contributed by atoms with Gasteiger partial charge in [0.1, 0.15) is 40.1 Å². The van der Waals surface area contributed by atoms with E-state index in [9.17, 15) is 44.7 Å². The van der Waals surface area contributed by atoms with E-state index in [1.165, 1.54) is 58.1 Å². The fourth-order valence-corrected chi connectivity index (χ4v) is 18.0. The van der Waals surface area contributed by atoms with Gasteiger partial charge in [0.2, 0.25) is 42.0 Å². The quantitative estimate of drug-likeness (QED) is 0.0381. The van der Waals surface area contributed by atoms with Gasteiger partial charge in [-0.25, -0.2) is 69.1 Å². The van der Waals surface area contributed by atoms with Crippen molar-refractivity contribution < 1.29 is 73.2 Å². The number of carbonyl (C=O) groups excluding carboxylic acids is 2. The summed E-state index contributed by atoms with van der Waals surface area (Å²) in [6.07, 6.45) is 11.6. The van der Waals surface area contributed by atoms with E-state index in [0.29, 0.717) is 65.3 Å². The first kappa shape index (κ1) is 95.1. The summed E-state index contributed by atoms with van der Waals surface area (Å²) in [6.45, 7) is 1.46. The standard InChI is InChI=1S/C38H37N5O6S.C33H32N2O4S.C21H19N5O4S.C6H7BrN2O2/c1-41-35(37(44)49-4)23-39-38(41)43-26-31(36(40-43)30-8-6-5-7-9-30)22-27-14-20-34(21-15-27)50(45,46)42(24-28-10-16-32(47-2)17-11-28)25-29-12-18-33(48-3)19-13-29;1-38-30-14-8-26(9-15-30)23-35(24-27-10-16-31(39-2)17-11-27)40(36,37)32-18-12-25(13-19-32)22-29-20-21-34-33(29)28-6-4-3-5-7-28;1-25-18(20(27)28)12-23-21(25)26-13-16(19(24-26)15-5-3-2-4-6-15)11-14-7-9-17(10-8-14)31(22,29)30;1-9-4(5(10)11-2)3-8-6(9)7/h5-21,23,26H,22,24-25H2,1-4H3;3-20H,21-24H2,1-2H3;2-10,12-13H,11H2,1H3,(H,27,28)(H2,22,29,30);3H,1-2H3. The predicted molar refractivity (Wildman–Crippen MR) is 503 cm³/mol. The van der Waals surface area contributed by atoms with E-state index in [0.717, 1.165) is 101 Å². The number of nitrogens with two attached hydrogens (primary N) is 1. The smallest absolute Gasteiger partial charge is 0.356 e. The molecule has 0 fully saturated rings. The summed E-state index contributed by atoms with van der Waals surface area (Å²) in [5, 5.41) is 24.0. The van der Waals surface area contributed by atoms with Crippen molar-refractivity contribution in [1.29, 1.82) is 0 Å². The lowest BCUT2D eigenvalue weighted by Gasteiger charge is -2.23. The van der Waals surface area contributed by atoms with Gasteiger partial charge >= 0.3 is 17.9 Å². The normalized spacial score (nSPS) is 11.9. The predicted octanol–water partition coefficient (Wildman–Crippen LogP) is 15.3. The summed E-state index contributed by atoms with van der Waals surface area (Å²) < 4.78 is 121. The average Bonchev–Trinajstić information content (AvgIpc) is 1.58. The van der Waals surface area contributed by atoms with Crippen molar-refractivity contribution in [3.8, 4) is 57.4 Å². The van der Waals surface area contributed by atoms with E-state index in [2.05, 4.69) is 63.9 Å². The third kappa shape index (κ3) is 23.4. The van der Waals surface area contributed by atoms with Gasteiger partial charge in [-0.1, -0.05) is 182 Å². The van der Waals surface area contributed by atoms with Gasteiger partial charge in [-0.15, -0.1) is 0 Å². The van der Waals surface area contributed by atoms with Crippen molar-refractivity contribution >= 4 is 69.6 Å². The second-order valence-electron chi connectivity index (χ2n) is 30.1. The van der Waals surface area contributed by atoms with Gasteiger partial charge in [-0.3, -0.25) is 4.99 Å². The zero-order valence-electron chi connectivity index (χ0n) is 73.5. The minimum atomic E-state index is -3.91. The lowest BCUT2D eigenvalue weighted by atomic mass is 9.97. The Morgan fingerprint density at radius 1 is 0.402 bits per heavy atom. The fourth-order valence-electron chi connectivity index (χ4n) is 14.3. The monoisotopic (exact) mass is 1900 g/mol. The number of carboxylic acid groups (broad SMARTS) is 1. The number of aromatic carboxylic acids is 1. The Hall–Kier alpha value is -14.5. The second kappa shape index (κ2) is 43.3. The molecular formula is C98H95BrN14O16S3. The number of carbonyl (C=O) groups is 3. The molecule has 0 aliphatic carbocycles. The maximum atomic E-state index is 14.2. The Labute approximate surface area is 773 Å². The molecule has 0 amide bonds. The Bertz CT molecular complexity index is 6840. The van der Waals surface area contributed by atoms with Crippen LogP contribution in [0.15, 0.2) is 328 Å². The molecule has 34 heteroatoms. The SMILES string of the molecule is COC(=O)c1cnc(-n2cc(Cc3ccc(S(=O)(=O)N(Cc4ccc(OC)cc4)Cc4ccc(OC)cc4)cc3)c(-c3ccccc3)n2)n1C.COC(=O)c1cnc(Br)n1C.COc1ccc(CN(Cc2ccc(OC)cc2)S(=O)(=O)c2ccc(CC3=CCN=C3c3ccccc3)cc2)cc1.Cn1c(C(=O)O)cnc1-n1cc(Cc2ccc(S(N)(=O)=O)cc2)c(-c2ccccc2)n1. The van der Waals surface area contributed by atoms with Gasteiger partial charge in [0.15, 0.2) is 4.73 Å². The molecule has 16 rings (SSSR count). The number of aliphatic imine (C=N–C) groups is 1. The summed E-state index contributed by atoms with van der Waals surface area (Å²) in [5.74, 6) is 1.69. The number of halogens is 1. The molecule has 10 aromatic carbocycles. The second-order valence-corrected chi connectivity index (χ2v) is 36.3. The van der Waals surface area contributed by atoms with Gasteiger partial charge in [0.05, 0.1) is 99.6 Å². The molecular weight excluding hydrogens is 1810 g/mol. The highest BCUT2D eigenvalue weighted by molar-refractivity contribution is 9.10. The molecule has 0 saturated heterocycles. The summed E-state index contributed by atoms with van der Waals surface area (Å²) in [4.78, 5) is 52.2. The topological polar surface area (TPSA) is 363 Å². The molecule has 132 heavy (non-hydrogen) atoms. The van der Waals surface area contributed by atoms with Crippen molar-refractivity contribution in [2.45, 2.75) is 60.1 Å². The van der Waals surface area contributed by atoms with Crippen LogP contribution >= 0.6 is 15.9 Å². The number of aromatic nitrogens is 10. The van der Waals surface area contributed by atoms with Crippen molar-refractivity contribution in [1.82, 2.24) is 56.8 Å². The minimum absolute atomic E-state index is 0.0458. The van der Waals surface area contributed by atoms with E-state index in [1.54, 1.807) is 111 Å². The molecule has 0 spiro atoms. The number of imidazole rings is 3. The van der Waals surface area contributed by atoms with Crippen LogP contribution < -0.4 is 24.1 Å². The molecule has 5 aromatic heterocycles. The number of ether oxygens (including phenoxy) is 6. The molecule has 15 aromatic rings. The average molecular weight is 1900 g/mol. The number of benzene rings is 10. The maximum absolute atomic E-state index is 14.2. The van der Waals surface area contributed by atoms with E-state index >= 15 is 0 Å². The molecule has 6 heterocycles. The molecule has 1 aliphatic rings. The first-order valence-corrected chi connectivity index (χ1v) is 46.3. The molecule has 30 nitrogen and oxygen atoms in total. The number of esters is 2. The van der Waals surface area contributed by atoms with Crippen LogP contribution in [0.1, 0.15) is 87.1 Å². The summed E-state index contributed by atoms with van der Waals surface area (Å²) in [5.41, 5.74) is 15.3. The highest BCUT2D eigenvalue weighted by Crippen LogP contribution is 2.33. The number of methoxy groups -OCH3 is 6. The highest BCUT2D eigenvalue weighted by atomic mass is 79.9. The summed E-state index contributed by atoms with van der Waals surface area (Å²) >= 11 is 3.16. The number of sulfonamides is 3. The van der Waals surface area contributed by atoms with Crippen molar-refractivity contribution in [2.75, 3.05) is 49.2 Å². The van der Waals surface area contributed by atoms with Gasteiger partial charge in [-0.05, 0) is 157 Å². The zero-order valence-corrected chi connectivity index (χ0v) is 77.5. The Morgan fingerprint density at radius 2 is 0.720 bits per heavy atom. The van der Waals surface area contributed by atoms with Crippen molar-refractivity contribution in [2.24, 2.45) is 31.3 Å². The molecule has 1 aliphatic heterocycles. The van der Waals surface area contributed by atoms with E-state index in [1.807, 2.05) is 206 Å². The van der Waals surface area contributed by atoms with Crippen LogP contribution in [-0.2, 0) is 106 Å². The van der Waals surface area contributed by atoms with Crippen LogP contribution in [0.4, 0.5) is 0 Å². The Balaban J connectivity index is 0.000000162. The van der Waals surface area contributed by atoms with Gasteiger partial charge in [0.25, 0.3) is 0 Å². The lowest BCUT2D eigenvalue weighted by molar-refractivity contribution is 0.0581. The minimum Gasteiger partial charge on any atom is -0.497 e. The zero-order chi connectivity index (χ0) is 93.8. The molecule has 0 radical (unpaired) electrons. The molecule has 0 unspecified atom stereocenters. The molecule has 0 bridgehead atoms. The summed E-state index contributed by atoms with van der Waals surface area (Å²) in [6, 6.07) is 79.6. The van der Waals surface area contributed by atoms with Crippen LogP contribution in [0.3, 0.4) is 0 Å². The third-order valence-corrected chi connectivity index (χ3v) is 26.8. The van der Waals surface area contributed by atoms with Gasteiger partial charge in [-0.2, -0.15) is 18.8 Å². The number of nitrogens with zero attached hydrogens (tertiary/aromatic N) is 13. The van der Waals surface area contributed by atoms with Crippen LogP contribution in [0.5, 0.6) is 23.0 Å². The number of rotatable bonds is 31. The van der Waals surface area contributed by atoms with Crippen LogP contribution in [-0.4, -0.2) is 160 Å². The number of primary sulfonamides is 1. The van der Waals surface area contributed by atoms with Crippen LogP contribution in [0, 0.1) is 0 Å². The number of hydrogen-bond acceptors (Lipinski definition) is 21. The number of allylic oxidation sites excluding steroid dienone is 1. The summed E-state index contributed by atoms with van der Waals surface area (Å²) in [7, 11) is 2.67. The van der Waals surface area contributed by atoms with E-state index in [-0.39, 0.29) is 52.5 Å². The molecule has 3 N–H and O–H groups in total. The molecule has 678 valence electrons. The first-order valence-electron chi connectivity index (χ1n) is 41.1. The van der Waals surface area contributed by atoms with Gasteiger partial charge < -0.3 is 47.2 Å². The third-order valence-electron chi connectivity index (χ3n) is 21.5. The maximum Gasteiger partial charge on any atom is 0.356 e. The highest BCUT2D eigenvalue weighted by Gasteiger charge is 2.30. The van der Waals surface area contributed by atoms with Crippen molar-refractivity contribution in [3.63, 3.8) is 0 Å². The van der Waals surface area contributed by atoms with E-state index in [4.69, 9.17) is 33.9 Å². The van der Waals surface area contributed by atoms with Crippen LogP contribution in [0.2, 0.25) is 0 Å². The Morgan fingerprint density at radius 3 is 1.05 bits per heavy atom. The largest absolute Gasteiger partial charge is 0.497 e. The molecule has 0 atom stereocenters. The van der Waals surface area contributed by atoms with Crippen LogP contribution in [0.25, 0.3) is 34.4 Å². The number of hydrogen-bond donors (Lipinski definition) is 2. The lowest BCUT2D eigenvalue weighted by Crippen LogP contribution is -2.30. The van der Waals surface area contributed by atoms with E-state index < -0.39 is 42.0 Å². The first-order chi connectivity index (χ1) is 63.5. The van der Waals surface area contributed by atoms with Gasteiger partial charge in [0, 0.05) is 94.8 Å². The number of carboxylic acids is 1. The fraction of sp³-hybridized carbons (Fsp3) is 0.173. The molecule has 0 saturated carbocycles.